The van der Waals surface area contributed by atoms with Gasteiger partial charge in [-0.3, -0.25) is 4.99 Å². The van der Waals surface area contributed by atoms with Crippen LogP contribution in [0, 0.1) is 19.7 Å². The van der Waals surface area contributed by atoms with Gasteiger partial charge >= 0.3 is 0 Å². The number of aliphatic imine (C=N–C) groups is 1. The van der Waals surface area contributed by atoms with Crippen LogP contribution in [0.15, 0.2) is 4.99 Å². The summed E-state index contributed by atoms with van der Waals surface area (Å²) >= 11 is 0. The smallest absolute Gasteiger partial charge is 0.155 e. The topological polar surface area (TPSA) is 32.6 Å². The van der Waals surface area contributed by atoms with Crippen LogP contribution < -0.4 is 0 Å². The fraction of sp³-hybridized carbons (Fsp3) is 0.462. The molecule has 1 aromatic carbocycles. The minimum Gasteiger partial charge on any atom is -0.507 e. The van der Waals surface area contributed by atoms with Gasteiger partial charge in [-0.05, 0) is 45.2 Å². The van der Waals surface area contributed by atoms with E-state index >= 15 is 0 Å². The summed E-state index contributed by atoms with van der Waals surface area (Å²) in [5.41, 5.74) is 2.91. The van der Waals surface area contributed by atoms with Crippen LogP contribution in [-0.2, 0) is 6.42 Å². The van der Waals surface area contributed by atoms with Crippen LogP contribution in [0.5, 0.6) is 5.75 Å². The van der Waals surface area contributed by atoms with Gasteiger partial charge in [-0.1, -0.05) is 6.92 Å². The first-order valence-electron chi connectivity index (χ1n) is 5.42. The number of phenols is 1. The van der Waals surface area contributed by atoms with Gasteiger partial charge in [-0.15, -0.1) is 0 Å². The molecule has 0 aliphatic rings. The molecule has 88 valence electrons. The molecular formula is C13H18FNO. The van der Waals surface area contributed by atoms with E-state index in [0.717, 1.165) is 5.71 Å². The van der Waals surface area contributed by atoms with Gasteiger partial charge in [0.1, 0.15) is 11.4 Å². The summed E-state index contributed by atoms with van der Waals surface area (Å²) in [7, 11) is 0. The second-order valence-corrected chi connectivity index (χ2v) is 4.15. The van der Waals surface area contributed by atoms with Crippen LogP contribution in [0.3, 0.4) is 0 Å². The van der Waals surface area contributed by atoms with Crippen LogP contribution in [0.2, 0.25) is 0 Å². The summed E-state index contributed by atoms with van der Waals surface area (Å²) in [4.78, 5) is 4.20. The SMILES string of the molecule is CCc1c(O)c(C)c(C)c(N=C(C)C)c1F. The van der Waals surface area contributed by atoms with Gasteiger partial charge in [0.15, 0.2) is 5.82 Å². The van der Waals surface area contributed by atoms with E-state index in [9.17, 15) is 9.50 Å². The van der Waals surface area contributed by atoms with Crippen molar-refractivity contribution in [3.8, 4) is 5.75 Å². The number of hydrogen-bond donors (Lipinski definition) is 1. The standard InChI is InChI=1S/C13H18FNO/c1-6-10-11(14)12(15-7(2)3)8(4)9(5)13(10)16/h16H,6H2,1-5H3. The number of benzene rings is 1. The van der Waals surface area contributed by atoms with E-state index in [-0.39, 0.29) is 5.75 Å². The lowest BCUT2D eigenvalue weighted by Crippen LogP contribution is -1.97. The van der Waals surface area contributed by atoms with Crippen LogP contribution in [0.1, 0.15) is 37.5 Å². The summed E-state index contributed by atoms with van der Waals surface area (Å²) in [5.74, 6) is -0.338. The van der Waals surface area contributed by atoms with Gasteiger partial charge in [-0.2, -0.15) is 0 Å². The zero-order valence-corrected chi connectivity index (χ0v) is 10.5. The second kappa shape index (κ2) is 4.64. The summed E-state index contributed by atoms with van der Waals surface area (Å²) < 4.78 is 14.1. The first-order chi connectivity index (χ1) is 7.40. The second-order valence-electron chi connectivity index (χ2n) is 4.15. The summed E-state index contributed by atoms with van der Waals surface area (Å²) in [6.45, 7) is 9.03. The Hall–Kier alpha value is -1.38. The molecule has 0 amide bonds. The molecule has 0 aromatic heterocycles. The third kappa shape index (κ3) is 2.08. The first-order valence-corrected chi connectivity index (χ1v) is 5.42. The molecule has 0 aliphatic heterocycles. The van der Waals surface area contributed by atoms with Crippen molar-refractivity contribution in [1.82, 2.24) is 0 Å². The predicted octanol–water partition coefficient (Wildman–Crippen LogP) is 3.82. The first kappa shape index (κ1) is 12.7. The van der Waals surface area contributed by atoms with E-state index in [4.69, 9.17) is 0 Å². The molecule has 0 unspecified atom stereocenters. The van der Waals surface area contributed by atoms with E-state index in [2.05, 4.69) is 4.99 Å². The van der Waals surface area contributed by atoms with Gasteiger partial charge in [0.05, 0.1) is 0 Å². The van der Waals surface area contributed by atoms with Crippen molar-refractivity contribution in [3.63, 3.8) is 0 Å². The Balaban J connectivity index is 3.62. The molecule has 0 atom stereocenters. The molecule has 0 saturated heterocycles. The Morgan fingerprint density at radius 3 is 2.25 bits per heavy atom. The number of rotatable bonds is 2. The van der Waals surface area contributed by atoms with E-state index in [0.29, 0.717) is 28.8 Å². The van der Waals surface area contributed by atoms with E-state index in [1.165, 1.54) is 0 Å². The number of aromatic hydroxyl groups is 1. The van der Waals surface area contributed by atoms with Crippen molar-refractivity contribution in [2.45, 2.75) is 41.0 Å². The monoisotopic (exact) mass is 223 g/mol. The van der Waals surface area contributed by atoms with Crippen molar-refractivity contribution < 1.29 is 9.50 Å². The summed E-state index contributed by atoms with van der Waals surface area (Å²) in [6.07, 6.45) is 0.462. The average molecular weight is 223 g/mol. The minimum absolute atomic E-state index is 0.0604. The quantitative estimate of drug-likeness (QED) is 0.759. The lowest BCUT2D eigenvalue weighted by atomic mass is 9.99. The van der Waals surface area contributed by atoms with Gasteiger partial charge in [-0.25, -0.2) is 4.39 Å². The zero-order chi connectivity index (χ0) is 12.5. The maximum Gasteiger partial charge on any atom is 0.155 e. The molecule has 0 aliphatic carbocycles. The molecule has 1 aromatic rings. The molecular weight excluding hydrogens is 205 g/mol. The van der Waals surface area contributed by atoms with Crippen LogP contribution in [0.4, 0.5) is 10.1 Å². The molecule has 1 N–H and O–H groups in total. The number of hydrogen-bond acceptors (Lipinski definition) is 2. The highest BCUT2D eigenvalue weighted by molar-refractivity contribution is 5.83. The van der Waals surface area contributed by atoms with Gasteiger partial charge in [0, 0.05) is 11.3 Å². The van der Waals surface area contributed by atoms with Crippen LogP contribution in [-0.4, -0.2) is 10.8 Å². The third-order valence-corrected chi connectivity index (χ3v) is 2.72. The Morgan fingerprint density at radius 2 is 1.81 bits per heavy atom. The molecule has 0 heterocycles. The molecule has 3 heteroatoms. The largest absolute Gasteiger partial charge is 0.507 e. The van der Waals surface area contributed by atoms with Crippen molar-refractivity contribution in [2.75, 3.05) is 0 Å². The Bertz CT molecular complexity index is 446. The Morgan fingerprint density at radius 1 is 1.25 bits per heavy atom. The number of nitrogens with zero attached hydrogens (tertiary/aromatic N) is 1. The maximum atomic E-state index is 14.1. The summed E-state index contributed by atoms with van der Waals surface area (Å²) in [6, 6.07) is 0. The Kier molecular flexibility index (Phi) is 3.68. The van der Waals surface area contributed by atoms with Crippen LogP contribution >= 0.6 is 0 Å². The van der Waals surface area contributed by atoms with Crippen molar-refractivity contribution in [1.29, 1.82) is 0 Å². The highest BCUT2D eigenvalue weighted by Gasteiger charge is 2.17. The van der Waals surface area contributed by atoms with Gasteiger partial charge in [0.2, 0.25) is 0 Å². The fourth-order valence-electron chi connectivity index (χ4n) is 1.67. The van der Waals surface area contributed by atoms with Gasteiger partial charge in [0.25, 0.3) is 0 Å². The number of halogens is 1. The third-order valence-electron chi connectivity index (χ3n) is 2.72. The van der Waals surface area contributed by atoms with Crippen molar-refractivity contribution >= 4 is 11.4 Å². The molecule has 2 nitrogen and oxygen atoms in total. The molecule has 1 rings (SSSR count). The van der Waals surface area contributed by atoms with Crippen LogP contribution in [0.25, 0.3) is 0 Å². The number of phenolic OH excluding ortho intramolecular Hbond substituents is 1. The van der Waals surface area contributed by atoms with Crippen molar-refractivity contribution in [3.05, 3.63) is 22.5 Å². The molecule has 0 saturated carbocycles. The highest BCUT2D eigenvalue weighted by Crippen LogP contribution is 2.36. The normalized spacial score (nSPS) is 10.4. The molecule has 0 radical (unpaired) electrons. The lowest BCUT2D eigenvalue weighted by Gasteiger charge is -2.13. The van der Waals surface area contributed by atoms with E-state index < -0.39 is 5.82 Å². The minimum atomic E-state index is -0.399. The highest BCUT2D eigenvalue weighted by atomic mass is 19.1. The zero-order valence-electron chi connectivity index (χ0n) is 10.5. The van der Waals surface area contributed by atoms with Gasteiger partial charge < -0.3 is 5.11 Å². The molecule has 0 bridgehead atoms. The van der Waals surface area contributed by atoms with E-state index in [1.54, 1.807) is 13.8 Å². The maximum absolute atomic E-state index is 14.1. The predicted molar refractivity (Wildman–Crippen MR) is 65.4 cm³/mol. The van der Waals surface area contributed by atoms with Crippen molar-refractivity contribution in [2.24, 2.45) is 4.99 Å². The molecule has 16 heavy (non-hydrogen) atoms. The average Bonchev–Trinajstić information content (AvgIpc) is 2.22. The lowest BCUT2D eigenvalue weighted by molar-refractivity contribution is 0.455. The fourth-order valence-corrected chi connectivity index (χ4v) is 1.67. The Labute approximate surface area is 95.8 Å². The summed E-state index contributed by atoms with van der Waals surface area (Å²) in [5, 5.41) is 9.83. The molecule has 0 fully saturated rings. The van der Waals surface area contributed by atoms with E-state index in [1.807, 2.05) is 20.8 Å². The molecule has 0 spiro atoms.